The topological polar surface area (TPSA) is 33.1 Å². The summed E-state index contributed by atoms with van der Waals surface area (Å²) in [5.74, 6) is 0.635. The monoisotopic (exact) mass is 227 g/mol. The van der Waals surface area contributed by atoms with Crippen LogP contribution < -0.4 is 0 Å². The van der Waals surface area contributed by atoms with Gasteiger partial charge in [-0.25, -0.2) is 4.98 Å². The zero-order valence-corrected chi connectivity index (χ0v) is 11.1. The molecule has 0 amide bonds. The van der Waals surface area contributed by atoms with Gasteiger partial charge in [0.2, 0.25) is 0 Å². The van der Waals surface area contributed by atoms with E-state index in [2.05, 4.69) is 25.8 Å². The van der Waals surface area contributed by atoms with Gasteiger partial charge in [0.05, 0.1) is 12.3 Å². The first-order valence-corrected chi connectivity index (χ1v) is 6.26. The van der Waals surface area contributed by atoms with Crippen molar-refractivity contribution < 1.29 is 5.11 Å². The van der Waals surface area contributed by atoms with Crippen molar-refractivity contribution in [2.24, 2.45) is 5.92 Å². The molecule has 0 aliphatic rings. The molecule has 15 heavy (non-hydrogen) atoms. The predicted octanol–water partition coefficient (Wildman–Crippen LogP) is 2.92. The average Bonchev–Trinajstić information content (AvgIpc) is 2.48. The maximum atomic E-state index is 9.30. The highest BCUT2D eigenvalue weighted by Gasteiger charge is 2.24. The molecule has 0 aliphatic heterocycles. The van der Waals surface area contributed by atoms with E-state index in [0.717, 1.165) is 11.4 Å². The van der Waals surface area contributed by atoms with Gasteiger partial charge in [-0.15, -0.1) is 11.3 Å². The predicted molar refractivity (Wildman–Crippen MR) is 65.5 cm³/mol. The van der Waals surface area contributed by atoms with Gasteiger partial charge in [0.1, 0.15) is 5.01 Å². The Morgan fingerprint density at radius 1 is 1.40 bits per heavy atom. The molecule has 1 rings (SSSR count). The van der Waals surface area contributed by atoms with Crippen LogP contribution in [-0.2, 0) is 11.8 Å². The molecule has 1 aromatic heterocycles. The number of aliphatic hydroxyl groups excluding tert-OH is 1. The molecule has 2 nitrogen and oxygen atoms in total. The van der Waals surface area contributed by atoms with E-state index in [1.165, 1.54) is 10.6 Å². The van der Waals surface area contributed by atoms with Gasteiger partial charge in [0.25, 0.3) is 0 Å². The molecule has 3 heteroatoms. The Hall–Kier alpha value is -0.410. The fourth-order valence-electron chi connectivity index (χ4n) is 1.36. The minimum atomic E-state index is -0.204. The van der Waals surface area contributed by atoms with Gasteiger partial charge in [-0.05, 0) is 19.3 Å². The molecule has 0 radical (unpaired) electrons. The summed E-state index contributed by atoms with van der Waals surface area (Å²) in [6.07, 6.45) is 1.03. The van der Waals surface area contributed by atoms with Crippen molar-refractivity contribution >= 4 is 11.3 Å². The molecular formula is C12H21NOS. The second-order valence-corrected chi connectivity index (χ2v) is 6.37. The van der Waals surface area contributed by atoms with Crippen LogP contribution in [-0.4, -0.2) is 16.7 Å². The van der Waals surface area contributed by atoms with Crippen LogP contribution >= 0.6 is 11.3 Å². The van der Waals surface area contributed by atoms with E-state index in [1.54, 1.807) is 11.3 Å². The number of rotatable bonds is 4. The quantitative estimate of drug-likeness (QED) is 0.858. The van der Waals surface area contributed by atoms with Gasteiger partial charge in [0, 0.05) is 10.3 Å². The fraction of sp³-hybridized carbons (Fsp3) is 0.750. The van der Waals surface area contributed by atoms with Crippen molar-refractivity contribution in [1.82, 2.24) is 4.98 Å². The number of nitrogens with zero attached hydrogens (tertiary/aromatic N) is 1. The molecule has 0 bridgehead atoms. The molecular weight excluding hydrogens is 206 g/mol. The number of aromatic nitrogens is 1. The lowest BCUT2D eigenvalue weighted by molar-refractivity contribution is 0.218. The van der Waals surface area contributed by atoms with Crippen LogP contribution in [0.25, 0.3) is 0 Å². The Morgan fingerprint density at radius 2 is 2.00 bits per heavy atom. The normalized spacial score (nSPS) is 12.5. The largest absolute Gasteiger partial charge is 0.395 e. The maximum absolute atomic E-state index is 9.30. The van der Waals surface area contributed by atoms with Gasteiger partial charge in [-0.1, -0.05) is 27.7 Å². The molecule has 0 spiro atoms. The van der Waals surface area contributed by atoms with E-state index in [0.29, 0.717) is 5.92 Å². The summed E-state index contributed by atoms with van der Waals surface area (Å²) in [4.78, 5) is 5.94. The molecule has 0 fully saturated rings. The van der Waals surface area contributed by atoms with Crippen molar-refractivity contribution in [2.45, 2.75) is 46.5 Å². The van der Waals surface area contributed by atoms with E-state index in [4.69, 9.17) is 0 Å². The van der Waals surface area contributed by atoms with Crippen LogP contribution in [0.15, 0.2) is 0 Å². The number of thiazole rings is 1. The summed E-state index contributed by atoms with van der Waals surface area (Å²) in [6, 6.07) is 0. The lowest BCUT2D eigenvalue weighted by Gasteiger charge is -2.17. The third kappa shape index (κ3) is 3.02. The number of hydrogen-bond donors (Lipinski definition) is 1. The average molecular weight is 227 g/mol. The highest BCUT2D eigenvalue weighted by atomic mass is 32.1. The summed E-state index contributed by atoms with van der Waals surface area (Å²) in [6.45, 7) is 10.7. The van der Waals surface area contributed by atoms with Gasteiger partial charge >= 0.3 is 0 Å². The second-order valence-electron chi connectivity index (χ2n) is 5.16. The van der Waals surface area contributed by atoms with Gasteiger partial charge in [0.15, 0.2) is 0 Å². The van der Waals surface area contributed by atoms with Gasteiger partial charge < -0.3 is 5.11 Å². The minimum absolute atomic E-state index is 0.154. The first kappa shape index (κ1) is 12.7. The molecule has 0 aromatic carbocycles. The van der Waals surface area contributed by atoms with Crippen molar-refractivity contribution in [2.75, 3.05) is 6.61 Å². The Labute approximate surface area is 96.4 Å². The lowest BCUT2D eigenvalue weighted by atomic mass is 9.96. The van der Waals surface area contributed by atoms with Crippen molar-refractivity contribution in [3.63, 3.8) is 0 Å². The lowest BCUT2D eigenvalue weighted by Crippen LogP contribution is -2.21. The summed E-state index contributed by atoms with van der Waals surface area (Å²) in [5, 5.41) is 10.4. The van der Waals surface area contributed by atoms with E-state index in [-0.39, 0.29) is 12.0 Å². The summed E-state index contributed by atoms with van der Waals surface area (Å²) >= 11 is 1.72. The molecule has 1 heterocycles. The highest BCUT2D eigenvalue weighted by Crippen LogP contribution is 2.29. The van der Waals surface area contributed by atoms with E-state index in [9.17, 15) is 5.11 Å². The Kier molecular flexibility index (Phi) is 3.90. The number of aliphatic hydroxyl groups is 1. The summed E-state index contributed by atoms with van der Waals surface area (Å²) in [5.41, 5.74) is 0.997. The number of aryl methyl sites for hydroxylation is 1. The van der Waals surface area contributed by atoms with Crippen molar-refractivity contribution in [1.29, 1.82) is 0 Å². The molecule has 86 valence electrons. The minimum Gasteiger partial charge on any atom is -0.395 e. The standard InChI is InChI=1S/C12H21NOS/c1-8(2)6-10-9(3)15-11(13-10)12(4,5)7-14/h8,14H,6-7H2,1-5H3. The third-order valence-corrected chi connectivity index (χ3v) is 3.85. The summed E-state index contributed by atoms with van der Waals surface area (Å²) in [7, 11) is 0. The molecule has 0 unspecified atom stereocenters. The van der Waals surface area contributed by atoms with E-state index in [1.807, 2.05) is 13.8 Å². The third-order valence-electron chi connectivity index (χ3n) is 2.47. The molecule has 1 aromatic rings. The van der Waals surface area contributed by atoms with Crippen molar-refractivity contribution in [3.05, 3.63) is 15.6 Å². The SMILES string of the molecule is Cc1sc(C(C)(C)CO)nc1CC(C)C. The Bertz CT molecular complexity index is 328. The first-order valence-electron chi connectivity index (χ1n) is 5.44. The Morgan fingerprint density at radius 3 is 2.47 bits per heavy atom. The molecule has 1 N–H and O–H groups in total. The molecule has 0 saturated carbocycles. The number of hydrogen-bond acceptors (Lipinski definition) is 3. The van der Waals surface area contributed by atoms with Crippen LogP contribution in [0.1, 0.15) is 43.3 Å². The van der Waals surface area contributed by atoms with Crippen molar-refractivity contribution in [3.8, 4) is 0 Å². The maximum Gasteiger partial charge on any atom is 0.101 e. The molecule has 0 atom stereocenters. The highest BCUT2D eigenvalue weighted by molar-refractivity contribution is 7.11. The van der Waals surface area contributed by atoms with Crippen LogP contribution in [0.5, 0.6) is 0 Å². The zero-order chi connectivity index (χ0) is 11.6. The van der Waals surface area contributed by atoms with Gasteiger partial charge in [-0.3, -0.25) is 0 Å². The Balaban J connectivity index is 2.95. The first-order chi connectivity index (χ1) is 6.86. The smallest absolute Gasteiger partial charge is 0.101 e. The fourth-order valence-corrected chi connectivity index (χ4v) is 2.39. The van der Waals surface area contributed by atoms with Crippen LogP contribution in [0.3, 0.4) is 0 Å². The van der Waals surface area contributed by atoms with E-state index < -0.39 is 0 Å². The second kappa shape index (κ2) is 4.62. The molecule has 0 aliphatic carbocycles. The summed E-state index contributed by atoms with van der Waals surface area (Å²) < 4.78 is 0. The van der Waals surface area contributed by atoms with Crippen LogP contribution in [0, 0.1) is 12.8 Å². The van der Waals surface area contributed by atoms with Crippen LogP contribution in [0.4, 0.5) is 0 Å². The van der Waals surface area contributed by atoms with E-state index >= 15 is 0 Å². The molecule has 0 saturated heterocycles. The zero-order valence-electron chi connectivity index (χ0n) is 10.3. The van der Waals surface area contributed by atoms with Crippen LogP contribution in [0.2, 0.25) is 0 Å². The van der Waals surface area contributed by atoms with Gasteiger partial charge in [-0.2, -0.15) is 0 Å².